The summed E-state index contributed by atoms with van der Waals surface area (Å²) < 4.78 is 37.9. The summed E-state index contributed by atoms with van der Waals surface area (Å²) in [4.78, 5) is 0. The summed E-state index contributed by atoms with van der Waals surface area (Å²) in [5.41, 5.74) is 2.64. The molecule has 0 aliphatic carbocycles. The molecule has 0 spiro atoms. The highest BCUT2D eigenvalue weighted by atomic mass is 32.2. The number of hydrogen-bond acceptors (Lipinski definition) is 6. The summed E-state index contributed by atoms with van der Waals surface area (Å²) in [7, 11) is -3.67. The van der Waals surface area contributed by atoms with Crippen LogP contribution in [0.5, 0.6) is 11.5 Å². The lowest BCUT2D eigenvalue weighted by Gasteiger charge is -2.13. The van der Waals surface area contributed by atoms with Crippen molar-refractivity contribution in [1.29, 1.82) is 0 Å². The van der Waals surface area contributed by atoms with E-state index >= 15 is 0 Å². The van der Waals surface area contributed by atoms with Crippen LogP contribution in [0, 0.1) is 0 Å². The molecular formula is C37H52N2O5S. The quantitative estimate of drug-likeness (QED) is 0.0704. The van der Waals surface area contributed by atoms with Crippen LogP contribution < -0.4 is 20.1 Å². The molecule has 0 aliphatic heterocycles. The maximum absolute atomic E-state index is 9.19. The summed E-state index contributed by atoms with van der Waals surface area (Å²) in [5, 5.41) is 12.5. The van der Waals surface area contributed by atoms with Crippen LogP contribution in [-0.2, 0) is 23.2 Å². The predicted octanol–water partition coefficient (Wildman–Crippen LogP) is 8.29. The molecule has 3 N–H and O–H groups in total. The third kappa shape index (κ3) is 14.2. The van der Waals surface area contributed by atoms with Gasteiger partial charge < -0.3 is 20.1 Å². The highest BCUT2D eigenvalue weighted by molar-refractivity contribution is 7.85. The smallest absolute Gasteiger partial charge is 0.261 e. The summed E-state index contributed by atoms with van der Waals surface area (Å²) in [6, 6.07) is 26.0. The number of fused-ring (bicyclic) bond motifs is 2. The molecule has 0 heterocycles. The Hall–Kier alpha value is -3.17. The van der Waals surface area contributed by atoms with Crippen molar-refractivity contribution < 1.29 is 22.4 Å². The Morgan fingerprint density at radius 2 is 1.02 bits per heavy atom. The average molecular weight is 637 g/mol. The van der Waals surface area contributed by atoms with Gasteiger partial charge in [0.1, 0.15) is 11.5 Å². The minimum Gasteiger partial charge on any atom is -0.494 e. The van der Waals surface area contributed by atoms with E-state index < -0.39 is 10.1 Å². The molecule has 0 bridgehead atoms. The zero-order chi connectivity index (χ0) is 32.3. The molecule has 4 aromatic carbocycles. The number of benzene rings is 4. The molecule has 0 aliphatic rings. The van der Waals surface area contributed by atoms with E-state index in [1.807, 2.05) is 0 Å². The van der Waals surface area contributed by atoms with E-state index in [0.29, 0.717) is 6.26 Å². The van der Waals surface area contributed by atoms with Gasteiger partial charge in [-0.3, -0.25) is 4.55 Å². The van der Waals surface area contributed by atoms with Crippen molar-refractivity contribution in [2.24, 2.45) is 0 Å². The van der Waals surface area contributed by atoms with Crippen molar-refractivity contribution in [3.05, 3.63) is 83.9 Å². The highest BCUT2D eigenvalue weighted by Crippen LogP contribution is 2.27. The standard InChI is InChI=1S/C36H48N2O2.CH4O3S/c1-3-5-21-39-33-23-29-15-9-11-17-35(29)31(25-33)27-37-19-13-7-8-14-20-38-28-32-26-34(40-22-6-4-2)24-30-16-10-12-18-36(30)32;1-5(2,3)4/h9-12,15-18,23-26,37-38H,3-8,13-14,19-22,27-28H2,1-2H3;1H3,(H,2,3,4). The molecule has 0 aromatic heterocycles. The van der Waals surface area contributed by atoms with Crippen molar-refractivity contribution >= 4 is 31.7 Å². The van der Waals surface area contributed by atoms with E-state index in [2.05, 4.69) is 97.3 Å². The zero-order valence-electron chi connectivity index (χ0n) is 27.3. The zero-order valence-corrected chi connectivity index (χ0v) is 28.1. The van der Waals surface area contributed by atoms with E-state index in [9.17, 15) is 8.42 Å². The molecule has 7 nitrogen and oxygen atoms in total. The second-order valence-corrected chi connectivity index (χ2v) is 13.0. The van der Waals surface area contributed by atoms with Crippen molar-refractivity contribution in [1.82, 2.24) is 10.6 Å². The van der Waals surface area contributed by atoms with Gasteiger partial charge in [0.25, 0.3) is 10.1 Å². The van der Waals surface area contributed by atoms with Crippen LogP contribution in [0.25, 0.3) is 21.5 Å². The minimum atomic E-state index is -3.67. The fourth-order valence-electron chi connectivity index (χ4n) is 5.15. The topological polar surface area (TPSA) is 96.9 Å². The molecule has 0 amide bonds. The molecule has 4 aromatic rings. The first-order chi connectivity index (χ1) is 21.8. The molecule has 45 heavy (non-hydrogen) atoms. The summed E-state index contributed by atoms with van der Waals surface area (Å²) in [6.45, 7) is 9.80. The predicted molar refractivity (Wildman–Crippen MR) is 188 cm³/mol. The fourth-order valence-corrected chi connectivity index (χ4v) is 5.15. The van der Waals surface area contributed by atoms with Crippen LogP contribution >= 0.6 is 0 Å². The van der Waals surface area contributed by atoms with Crippen molar-refractivity contribution in [2.75, 3.05) is 32.6 Å². The van der Waals surface area contributed by atoms with Gasteiger partial charge in [0, 0.05) is 13.1 Å². The Morgan fingerprint density at radius 3 is 1.42 bits per heavy atom. The molecule has 0 fully saturated rings. The van der Waals surface area contributed by atoms with Crippen LogP contribution in [-0.4, -0.2) is 45.5 Å². The monoisotopic (exact) mass is 636 g/mol. The first-order valence-electron chi connectivity index (χ1n) is 16.4. The van der Waals surface area contributed by atoms with Crippen LogP contribution in [0.4, 0.5) is 0 Å². The first kappa shape index (κ1) is 36.3. The lowest BCUT2D eigenvalue weighted by molar-refractivity contribution is 0.309. The van der Waals surface area contributed by atoms with Gasteiger partial charge in [0.15, 0.2) is 0 Å². The van der Waals surface area contributed by atoms with Gasteiger partial charge in [-0.1, -0.05) is 88.1 Å². The minimum absolute atomic E-state index is 0.715. The van der Waals surface area contributed by atoms with E-state index in [1.54, 1.807) is 0 Å². The number of nitrogens with one attached hydrogen (secondary N) is 2. The molecule has 0 unspecified atom stereocenters. The largest absolute Gasteiger partial charge is 0.494 e. The normalized spacial score (nSPS) is 11.4. The van der Waals surface area contributed by atoms with Crippen molar-refractivity contribution in [3.63, 3.8) is 0 Å². The van der Waals surface area contributed by atoms with E-state index in [-0.39, 0.29) is 0 Å². The van der Waals surface area contributed by atoms with Gasteiger partial charge in [-0.2, -0.15) is 8.42 Å². The maximum atomic E-state index is 9.19. The SMILES string of the molecule is CCCCOc1cc(CNCCCCCCNCc2cc(OCCCC)cc3ccccc23)c2ccccc2c1.CS(=O)(=O)O. The Morgan fingerprint density at radius 1 is 0.622 bits per heavy atom. The van der Waals surface area contributed by atoms with Gasteiger partial charge in [-0.05, 0) is 95.7 Å². The van der Waals surface area contributed by atoms with E-state index in [4.69, 9.17) is 14.0 Å². The summed E-state index contributed by atoms with van der Waals surface area (Å²) >= 11 is 0. The molecule has 8 heteroatoms. The average Bonchev–Trinajstić information content (AvgIpc) is 3.01. The second kappa shape index (κ2) is 20.1. The number of hydrogen-bond donors (Lipinski definition) is 3. The molecule has 246 valence electrons. The second-order valence-electron chi connectivity index (χ2n) is 11.5. The molecular weight excluding hydrogens is 584 g/mol. The van der Waals surface area contributed by atoms with Crippen LogP contribution in [0.2, 0.25) is 0 Å². The molecule has 4 rings (SSSR count). The van der Waals surface area contributed by atoms with E-state index in [0.717, 1.165) is 76.6 Å². The number of rotatable bonds is 19. The molecule has 0 saturated heterocycles. The first-order valence-corrected chi connectivity index (χ1v) is 18.3. The molecule has 0 atom stereocenters. The lowest BCUT2D eigenvalue weighted by atomic mass is 10.0. The van der Waals surface area contributed by atoms with Gasteiger partial charge >= 0.3 is 0 Å². The summed E-state index contributed by atoms with van der Waals surface area (Å²) in [6.07, 6.45) is 10.1. The Labute approximate surface area is 270 Å². The van der Waals surface area contributed by atoms with Gasteiger partial charge in [-0.25, -0.2) is 0 Å². The lowest BCUT2D eigenvalue weighted by Crippen LogP contribution is -2.16. The Bertz CT molecular complexity index is 1430. The Kier molecular flexibility index (Phi) is 16.2. The summed E-state index contributed by atoms with van der Waals surface area (Å²) in [5.74, 6) is 1.97. The van der Waals surface area contributed by atoms with Crippen LogP contribution in [0.3, 0.4) is 0 Å². The third-order valence-electron chi connectivity index (χ3n) is 7.46. The van der Waals surface area contributed by atoms with E-state index in [1.165, 1.54) is 58.4 Å². The molecule has 0 saturated carbocycles. The van der Waals surface area contributed by atoms with Gasteiger partial charge in [0.2, 0.25) is 0 Å². The van der Waals surface area contributed by atoms with Gasteiger partial charge in [0.05, 0.1) is 19.5 Å². The maximum Gasteiger partial charge on any atom is 0.261 e. The number of ether oxygens (including phenoxy) is 2. The highest BCUT2D eigenvalue weighted by Gasteiger charge is 2.07. The Balaban J connectivity index is 0.00000102. The number of unbranched alkanes of at least 4 members (excludes halogenated alkanes) is 5. The van der Waals surface area contributed by atoms with Crippen molar-refractivity contribution in [2.45, 2.75) is 78.3 Å². The van der Waals surface area contributed by atoms with Crippen molar-refractivity contribution in [3.8, 4) is 11.5 Å². The fraction of sp³-hybridized carbons (Fsp3) is 0.459. The van der Waals surface area contributed by atoms with Gasteiger partial charge in [-0.15, -0.1) is 0 Å². The van der Waals surface area contributed by atoms with Crippen LogP contribution in [0.1, 0.15) is 76.3 Å². The third-order valence-corrected chi connectivity index (χ3v) is 7.46. The molecule has 0 radical (unpaired) electrons. The van der Waals surface area contributed by atoms with Crippen LogP contribution in [0.15, 0.2) is 72.8 Å².